The number of nitrogens with zero attached hydrogens (tertiary/aromatic N) is 3. The molecule has 0 spiro atoms. The van der Waals surface area contributed by atoms with Gasteiger partial charge in [-0.1, -0.05) is 24.3 Å². The van der Waals surface area contributed by atoms with Gasteiger partial charge in [-0.3, -0.25) is 9.10 Å². The van der Waals surface area contributed by atoms with Crippen LogP contribution >= 0.6 is 0 Å². The van der Waals surface area contributed by atoms with Crippen LogP contribution in [0.15, 0.2) is 61.2 Å². The summed E-state index contributed by atoms with van der Waals surface area (Å²) in [5, 5.41) is 2.87. The fourth-order valence-electron chi connectivity index (χ4n) is 3.32. The molecule has 1 aromatic heterocycles. The van der Waals surface area contributed by atoms with E-state index in [9.17, 15) is 13.2 Å². The summed E-state index contributed by atoms with van der Waals surface area (Å²) >= 11 is 0. The lowest BCUT2D eigenvalue weighted by atomic mass is 10.1. The summed E-state index contributed by atoms with van der Waals surface area (Å²) in [6.45, 7) is 5.73. The molecule has 30 heavy (non-hydrogen) atoms. The zero-order valence-corrected chi connectivity index (χ0v) is 18.3. The molecule has 3 aromatic rings. The minimum Gasteiger partial charge on any atom is -0.350 e. The molecule has 0 aliphatic rings. The number of sulfonamides is 1. The predicted octanol–water partition coefficient (Wildman–Crippen LogP) is 2.96. The Balaban J connectivity index is 1.81. The summed E-state index contributed by atoms with van der Waals surface area (Å²) in [5.41, 5.74) is 4.29. The van der Waals surface area contributed by atoms with Gasteiger partial charge in [0.15, 0.2) is 0 Å². The van der Waals surface area contributed by atoms with Gasteiger partial charge in [-0.25, -0.2) is 13.4 Å². The van der Waals surface area contributed by atoms with Crippen molar-refractivity contribution >= 4 is 21.6 Å². The smallest absolute Gasteiger partial charge is 0.243 e. The van der Waals surface area contributed by atoms with Gasteiger partial charge in [0, 0.05) is 18.9 Å². The first-order chi connectivity index (χ1) is 14.2. The Hall–Kier alpha value is -3.13. The molecule has 0 aliphatic heterocycles. The van der Waals surface area contributed by atoms with E-state index in [1.54, 1.807) is 31.6 Å². The quantitative estimate of drug-likeness (QED) is 0.630. The summed E-state index contributed by atoms with van der Waals surface area (Å²) in [5.74, 6) is -0.376. The van der Waals surface area contributed by atoms with Crippen molar-refractivity contribution in [2.45, 2.75) is 33.4 Å². The molecule has 1 amide bonds. The van der Waals surface area contributed by atoms with Crippen LogP contribution < -0.4 is 9.62 Å². The van der Waals surface area contributed by atoms with Crippen LogP contribution in [0.3, 0.4) is 0 Å². The van der Waals surface area contributed by atoms with Crippen LogP contribution in [0.4, 0.5) is 5.69 Å². The molecule has 8 heteroatoms. The number of nitrogens with one attached hydrogen (secondary N) is 1. The standard InChI is InChI=1S/C22H26N4O3S/c1-16-9-10-20(13-17(16)2)26(30(4,28)29)18(3)22(27)24-14-19-7-5-6-8-21(19)25-12-11-23-15-25/h5-13,15,18H,14H2,1-4H3,(H,24,27)/t18-/m1/s1. The third-order valence-electron chi connectivity index (χ3n) is 5.06. The second-order valence-electron chi connectivity index (χ2n) is 7.32. The van der Waals surface area contributed by atoms with Crippen LogP contribution in [0.25, 0.3) is 5.69 Å². The first kappa shape index (κ1) is 21.6. The number of hydrogen-bond donors (Lipinski definition) is 1. The third kappa shape index (κ3) is 4.71. The van der Waals surface area contributed by atoms with E-state index >= 15 is 0 Å². The van der Waals surface area contributed by atoms with E-state index in [2.05, 4.69) is 10.3 Å². The Labute approximate surface area is 177 Å². The number of hydrogen-bond acceptors (Lipinski definition) is 4. The van der Waals surface area contributed by atoms with Crippen molar-refractivity contribution in [1.29, 1.82) is 0 Å². The van der Waals surface area contributed by atoms with Gasteiger partial charge >= 0.3 is 0 Å². The van der Waals surface area contributed by atoms with E-state index in [1.807, 2.05) is 54.9 Å². The molecular weight excluding hydrogens is 400 g/mol. The molecule has 7 nitrogen and oxygen atoms in total. The normalized spacial score (nSPS) is 12.4. The van der Waals surface area contributed by atoms with E-state index < -0.39 is 16.1 Å². The fraction of sp³-hybridized carbons (Fsp3) is 0.273. The highest BCUT2D eigenvalue weighted by Crippen LogP contribution is 2.24. The summed E-state index contributed by atoms with van der Waals surface area (Å²) in [4.78, 5) is 17.0. The minimum absolute atomic E-state index is 0.266. The van der Waals surface area contributed by atoms with Crippen molar-refractivity contribution in [1.82, 2.24) is 14.9 Å². The van der Waals surface area contributed by atoms with Crippen LogP contribution in [-0.2, 0) is 21.4 Å². The van der Waals surface area contributed by atoms with Crippen LogP contribution in [0.1, 0.15) is 23.6 Å². The maximum Gasteiger partial charge on any atom is 0.243 e. The first-order valence-electron chi connectivity index (χ1n) is 9.59. The highest BCUT2D eigenvalue weighted by molar-refractivity contribution is 7.92. The molecule has 1 atom stereocenters. The second-order valence-corrected chi connectivity index (χ2v) is 9.18. The van der Waals surface area contributed by atoms with Crippen LogP contribution in [-0.4, -0.2) is 36.2 Å². The molecule has 0 saturated heterocycles. The number of carbonyl (C=O) groups is 1. The molecular formula is C22H26N4O3S. The van der Waals surface area contributed by atoms with Gasteiger partial charge in [0.05, 0.1) is 24.0 Å². The molecule has 1 N–H and O–H groups in total. The largest absolute Gasteiger partial charge is 0.350 e. The molecule has 0 fully saturated rings. The predicted molar refractivity (Wildman–Crippen MR) is 118 cm³/mol. The zero-order valence-electron chi connectivity index (χ0n) is 17.5. The maximum atomic E-state index is 12.9. The number of aryl methyl sites for hydroxylation is 2. The average molecular weight is 427 g/mol. The molecule has 3 rings (SSSR count). The summed E-state index contributed by atoms with van der Waals surface area (Å²) in [7, 11) is -3.66. The van der Waals surface area contributed by atoms with Crippen molar-refractivity contribution in [3.63, 3.8) is 0 Å². The number of imidazole rings is 1. The Morgan fingerprint density at radius 1 is 1.17 bits per heavy atom. The second kappa shape index (κ2) is 8.71. The lowest BCUT2D eigenvalue weighted by molar-refractivity contribution is -0.122. The number of carbonyl (C=O) groups excluding carboxylic acids is 1. The monoisotopic (exact) mass is 426 g/mol. The number of rotatable bonds is 7. The van der Waals surface area contributed by atoms with E-state index in [4.69, 9.17) is 0 Å². The number of anilines is 1. The Morgan fingerprint density at radius 3 is 2.53 bits per heavy atom. The molecule has 1 heterocycles. The number of aromatic nitrogens is 2. The van der Waals surface area contributed by atoms with Gasteiger partial charge in [-0.05, 0) is 55.7 Å². The molecule has 0 bridgehead atoms. The lowest BCUT2D eigenvalue weighted by Gasteiger charge is -2.28. The highest BCUT2D eigenvalue weighted by Gasteiger charge is 2.29. The summed E-state index contributed by atoms with van der Waals surface area (Å²) < 4.78 is 28.0. The van der Waals surface area contributed by atoms with Gasteiger partial charge in [0.1, 0.15) is 6.04 Å². The molecule has 0 radical (unpaired) electrons. The van der Waals surface area contributed by atoms with Crippen LogP contribution in [0.2, 0.25) is 0 Å². The van der Waals surface area contributed by atoms with Crippen molar-refractivity contribution < 1.29 is 13.2 Å². The van der Waals surface area contributed by atoms with Crippen LogP contribution in [0.5, 0.6) is 0 Å². The summed E-state index contributed by atoms with van der Waals surface area (Å²) in [6.07, 6.45) is 6.31. The minimum atomic E-state index is -3.66. The van der Waals surface area contributed by atoms with Crippen molar-refractivity contribution in [3.8, 4) is 5.69 Å². The topological polar surface area (TPSA) is 84.3 Å². The molecule has 158 valence electrons. The highest BCUT2D eigenvalue weighted by atomic mass is 32.2. The van der Waals surface area contributed by atoms with E-state index in [-0.39, 0.29) is 12.5 Å². The van der Waals surface area contributed by atoms with E-state index in [1.165, 1.54) is 0 Å². The zero-order chi connectivity index (χ0) is 21.9. The van der Waals surface area contributed by atoms with Crippen molar-refractivity contribution in [2.24, 2.45) is 0 Å². The Kier molecular flexibility index (Phi) is 6.26. The molecule has 0 saturated carbocycles. The van der Waals surface area contributed by atoms with Gasteiger partial charge in [0.2, 0.25) is 15.9 Å². The molecule has 0 aliphatic carbocycles. The van der Waals surface area contributed by atoms with Gasteiger partial charge < -0.3 is 9.88 Å². The first-order valence-corrected chi connectivity index (χ1v) is 11.4. The fourth-order valence-corrected chi connectivity index (χ4v) is 4.48. The molecule has 2 aromatic carbocycles. The van der Waals surface area contributed by atoms with Gasteiger partial charge in [-0.2, -0.15) is 0 Å². The number of benzene rings is 2. The summed E-state index contributed by atoms with van der Waals surface area (Å²) in [6, 6.07) is 12.1. The average Bonchev–Trinajstić information content (AvgIpc) is 3.22. The Morgan fingerprint density at radius 2 is 1.90 bits per heavy atom. The Bertz CT molecular complexity index is 1140. The van der Waals surface area contributed by atoms with Crippen molar-refractivity contribution in [2.75, 3.05) is 10.6 Å². The van der Waals surface area contributed by atoms with Gasteiger partial charge in [-0.15, -0.1) is 0 Å². The van der Waals surface area contributed by atoms with E-state index in [0.29, 0.717) is 5.69 Å². The SMILES string of the molecule is Cc1ccc(N([C@H](C)C(=O)NCc2ccccc2-n2ccnc2)S(C)(=O)=O)cc1C. The van der Waals surface area contributed by atoms with Gasteiger partial charge in [0.25, 0.3) is 0 Å². The lowest BCUT2D eigenvalue weighted by Crippen LogP contribution is -2.47. The molecule has 0 unspecified atom stereocenters. The third-order valence-corrected chi connectivity index (χ3v) is 6.30. The van der Waals surface area contributed by atoms with E-state index in [0.717, 1.165) is 32.9 Å². The van der Waals surface area contributed by atoms with Crippen LogP contribution in [0, 0.1) is 13.8 Å². The number of para-hydroxylation sites is 1. The maximum absolute atomic E-state index is 12.9. The van der Waals surface area contributed by atoms with Crippen molar-refractivity contribution in [3.05, 3.63) is 77.9 Å². The number of amides is 1.